The van der Waals surface area contributed by atoms with Crippen LogP contribution in [-0.2, 0) is 15.8 Å². The molecule has 12 heteroatoms. The zero-order valence-electron chi connectivity index (χ0n) is 26.3. The van der Waals surface area contributed by atoms with E-state index in [1.807, 2.05) is 30.3 Å². The van der Waals surface area contributed by atoms with Crippen LogP contribution in [0.15, 0.2) is 140 Å². The highest BCUT2D eigenvalue weighted by Crippen LogP contribution is 2.59. The molecule has 0 bridgehead atoms. The highest BCUT2D eigenvalue weighted by atomic mass is 31.2. The summed E-state index contributed by atoms with van der Waals surface area (Å²) in [6, 6.07) is 37.3. The van der Waals surface area contributed by atoms with Gasteiger partial charge in [-0.15, -0.1) is 0 Å². The van der Waals surface area contributed by atoms with Gasteiger partial charge in [-0.3, -0.25) is 20.4 Å². The normalized spacial score (nSPS) is 12.2. The van der Waals surface area contributed by atoms with Crippen LogP contribution in [0.4, 0.5) is 0 Å². The number of nitrogen functional groups attached to an aromatic ring is 2. The third-order valence-corrected chi connectivity index (χ3v) is 9.44. The quantitative estimate of drug-likeness (QED) is 0.0489. The predicted octanol–water partition coefficient (Wildman–Crippen LogP) is 5.76. The lowest BCUT2D eigenvalue weighted by atomic mass is 10.0. The Morgan fingerprint density at radius 2 is 1.04 bits per heavy atom. The van der Waals surface area contributed by atoms with Crippen LogP contribution in [0.25, 0.3) is 0 Å². The smallest absolute Gasteiger partial charge is 0.414 e. The fraction of sp³-hybridized carbons (Fsp3) is 0.0811. The average molecular weight is 675 g/mol. The van der Waals surface area contributed by atoms with Gasteiger partial charge in [0.1, 0.15) is 29.2 Å². The molecule has 0 radical (unpaired) electrons. The Morgan fingerprint density at radius 3 is 1.51 bits per heavy atom. The van der Waals surface area contributed by atoms with Crippen molar-refractivity contribution in [3.05, 3.63) is 167 Å². The summed E-state index contributed by atoms with van der Waals surface area (Å²) in [6.45, 7) is 0. The Morgan fingerprint density at radius 1 is 0.612 bits per heavy atom. The van der Waals surface area contributed by atoms with Crippen LogP contribution in [-0.4, -0.2) is 29.5 Å². The zero-order valence-corrected chi connectivity index (χ0v) is 27.2. The van der Waals surface area contributed by atoms with Gasteiger partial charge in [0.05, 0.1) is 0 Å². The first-order valence-electron chi connectivity index (χ1n) is 15.2. The van der Waals surface area contributed by atoms with Crippen LogP contribution < -0.4 is 31.1 Å². The number of hydrogen-bond acceptors (Lipinski definition) is 7. The van der Waals surface area contributed by atoms with Crippen LogP contribution in [0, 0.1) is 10.8 Å². The Labute approximate surface area is 283 Å². The largest absolute Gasteiger partial charge is 0.457 e. The molecule has 0 fully saturated rings. The summed E-state index contributed by atoms with van der Waals surface area (Å²) in [6.07, 6.45) is 0.101. The predicted molar refractivity (Wildman–Crippen MR) is 189 cm³/mol. The molecule has 0 unspecified atom stereocenters. The van der Waals surface area contributed by atoms with Crippen molar-refractivity contribution in [3.63, 3.8) is 0 Å². The summed E-state index contributed by atoms with van der Waals surface area (Å²) in [5, 5.41) is 21.1. The second-order valence-electron chi connectivity index (χ2n) is 11.0. The van der Waals surface area contributed by atoms with Gasteiger partial charge < -0.3 is 31.1 Å². The van der Waals surface area contributed by atoms with Gasteiger partial charge >= 0.3 is 7.60 Å². The summed E-state index contributed by atoms with van der Waals surface area (Å²) in [4.78, 5) is 27.8. The van der Waals surface area contributed by atoms with E-state index in [-0.39, 0.29) is 35.2 Å². The van der Waals surface area contributed by atoms with E-state index in [0.29, 0.717) is 16.7 Å². The standard InChI is InChI=1S/C37H35N6O5P/c38-33(39)26-16-20-28(21-17-26)35(44)42-32(24-25-10-4-1-5-11-25)36(45)43-37(29-22-18-27(19-23-29)34(40)41)49(46,47-30-12-6-2-7-13-30)48-31-14-8-3-9-15-31/h1-23,32,37H,24H2,(H3,38,39)(H3,40,41)(H,42,44)(H,43,45)/t32-,37-/m1/s1. The highest BCUT2D eigenvalue weighted by Gasteiger charge is 2.43. The first kappa shape index (κ1) is 34.2. The number of benzene rings is 5. The Bertz CT molecular complexity index is 1910. The molecule has 0 aliphatic heterocycles. The van der Waals surface area contributed by atoms with E-state index in [9.17, 15) is 9.59 Å². The first-order chi connectivity index (χ1) is 23.6. The molecule has 2 amide bonds. The van der Waals surface area contributed by atoms with Gasteiger partial charge in [0, 0.05) is 23.1 Å². The SMILES string of the molecule is N=C(N)c1ccc(C(=O)N[C@H](Cc2ccccc2)C(=O)N[C@@H](c2ccc(C(=N)N)cc2)P(=O)(Oc2ccccc2)Oc2ccccc2)cc1. The van der Waals surface area contributed by atoms with Crippen molar-refractivity contribution in [3.8, 4) is 11.5 Å². The van der Waals surface area contributed by atoms with E-state index in [4.69, 9.17) is 31.3 Å². The minimum absolute atomic E-state index is 0.101. The molecule has 0 aliphatic carbocycles. The summed E-state index contributed by atoms with van der Waals surface area (Å²) in [7, 11) is -4.38. The van der Waals surface area contributed by atoms with Crippen molar-refractivity contribution in [2.45, 2.75) is 18.2 Å². The number of nitrogens with one attached hydrogen (secondary N) is 4. The summed E-state index contributed by atoms with van der Waals surface area (Å²) >= 11 is 0. The molecule has 248 valence electrons. The van der Waals surface area contributed by atoms with Crippen LogP contribution in [0.2, 0.25) is 0 Å². The topological polar surface area (TPSA) is 193 Å². The van der Waals surface area contributed by atoms with Crippen molar-refractivity contribution < 1.29 is 23.2 Å². The second kappa shape index (κ2) is 15.6. The third-order valence-electron chi connectivity index (χ3n) is 7.45. The number of para-hydroxylation sites is 2. The second-order valence-corrected chi connectivity index (χ2v) is 13.0. The molecular weight excluding hydrogens is 639 g/mol. The summed E-state index contributed by atoms with van der Waals surface area (Å²) < 4.78 is 27.3. The van der Waals surface area contributed by atoms with E-state index in [1.165, 1.54) is 12.1 Å². The lowest BCUT2D eigenvalue weighted by Gasteiger charge is -2.30. The molecule has 2 atom stereocenters. The lowest BCUT2D eigenvalue weighted by molar-refractivity contribution is -0.123. The van der Waals surface area contributed by atoms with Crippen molar-refractivity contribution in [1.29, 1.82) is 10.8 Å². The molecule has 0 heterocycles. The maximum absolute atomic E-state index is 15.1. The highest BCUT2D eigenvalue weighted by molar-refractivity contribution is 7.55. The molecule has 5 aromatic carbocycles. The number of nitrogens with two attached hydrogens (primary N) is 2. The molecular formula is C37H35N6O5P. The van der Waals surface area contributed by atoms with Crippen molar-refractivity contribution >= 4 is 31.1 Å². The molecule has 49 heavy (non-hydrogen) atoms. The number of rotatable bonds is 14. The minimum Gasteiger partial charge on any atom is -0.414 e. The van der Waals surface area contributed by atoms with E-state index in [0.717, 1.165) is 5.56 Å². The monoisotopic (exact) mass is 674 g/mol. The van der Waals surface area contributed by atoms with Gasteiger partial charge in [0.2, 0.25) is 5.91 Å². The van der Waals surface area contributed by atoms with Gasteiger partial charge in [-0.25, -0.2) is 4.57 Å². The fourth-order valence-electron chi connectivity index (χ4n) is 4.91. The number of carbonyl (C=O) groups excluding carboxylic acids is 2. The fourth-order valence-corrected chi connectivity index (χ4v) is 6.81. The third kappa shape index (κ3) is 9.00. The number of hydrogen-bond donors (Lipinski definition) is 6. The van der Waals surface area contributed by atoms with Gasteiger partial charge in [0.15, 0.2) is 5.78 Å². The number of amides is 2. The molecule has 0 aliphatic rings. The van der Waals surface area contributed by atoms with Crippen LogP contribution >= 0.6 is 7.60 Å². The van der Waals surface area contributed by atoms with E-state index < -0.39 is 31.2 Å². The van der Waals surface area contributed by atoms with Crippen LogP contribution in [0.1, 0.15) is 38.4 Å². The average Bonchev–Trinajstić information content (AvgIpc) is 3.11. The van der Waals surface area contributed by atoms with Gasteiger partial charge in [0.25, 0.3) is 5.91 Å². The van der Waals surface area contributed by atoms with E-state index in [2.05, 4.69) is 10.6 Å². The van der Waals surface area contributed by atoms with Crippen molar-refractivity contribution in [2.75, 3.05) is 0 Å². The van der Waals surface area contributed by atoms with E-state index in [1.54, 1.807) is 97.1 Å². The Hall–Kier alpha value is -6.19. The molecule has 5 aromatic rings. The molecule has 0 saturated heterocycles. The number of carbonyl (C=O) groups is 2. The van der Waals surface area contributed by atoms with Crippen LogP contribution in [0.5, 0.6) is 11.5 Å². The lowest BCUT2D eigenvalue weighted by Crippen LogP contribution is -2.49. The van der Waals surface area contributed by atoms with Crippen molar-refractivity contribution in [2.24, 2.45) is 11.5 Å². The molecule has 8 N–H and O–H groups in total. The zero-order chi connectivity index (χ0) is 34.8. The minimum atomic E-state index is -4.38. The Balaban J connectivity index is 1.54. The molecule has 0 saturated carbocycles. The van der Waals surface area contributed by atoms with Gasteiger partial charge in [-0.05, 0) is 47.5 Å². The number of amidine groups is 2. The molecule has 0 spiro atoms. The first-order valence-corrected chi connectivity index (χ1v) is 16.9. The molecule has 11 nitrogen and oxygen atoms in total. The van der Waals surface area contributed by atoms with Gasteiger partial charge in [-0.1, -0.05) is 103 Å². The maximum atomic E-state index is 15.1. The Kier molecular flexibility index (Phi) is 10.9. The van der Waals surface area contributed by atoms with E-state index >= 15 is 4.57 Å². The molecule has 0 aromatic heterocycles. The maximum Gasteiger partial charge on any atom is 0.457 e. The van der Waals surface area contributed by atoms with Crippen molar-refractivity contribution in [1.82, 2.24) is 10.6 Å². The summed E-state index contributed by atoms with van der Waals surface area (Å²) in [5.74, 6) is -2.42. The van der Waals surface area contributed by atoms with Crippen LogP contribution in [0.3, 0.4) is 0 Å². The van der Waals surface area contributed by atoms with Gasteiger partial charge in [-0.2, -0.15) is 0 Å². The summed E-state index contributed by atoms with van der Waals surface area (Å²) in [5.41, 5.74) is 13.5. The molecule has 5 rings (SSSR count).